The summed E-state index contributed by atoms with van der Waals surface area (Å²) in [7, 11) is 1.81. The van der Waals surface area contributed by atoms with Crippen LogP contribution in [0.25, 0.3) is 0 Å². The molecule has 8 heteroatoms. The minimum absolute atomic E-state index is 0.0419. The summed E-state index contributed by atoms with van der Waals surface area (Å²) < 4.78 is 20.3. The largest absolute Gasteiger partial charge is 0.442 e. The number of amides is 2. The van der Waals surface area contributed by atoms with E-state index in [4.69, 9.17) is 4.74 Å². The van der Waals surface area contributed by atoms with Gasteiger partial charge in [-0.2, -0.15) is 0 Å². The summed E-state index contributed by atoms with van der Waals surface area (Å²) in [6.45, 7) is 2.78. The smallest absolute Gasteiger partial charge is 0.414 e. The molecule has 1 aliphatic heterocycles. The Kier molecular flexibility index (Phi) is 8.18. The molecular formula is C29H30FN3O4. The first-order chi connectivity index (χ1) is 17.8. The molecule has 0 spiro atoms. The molecular weight excluding hydrogens is 473 g/mol. The Labute approximate surface area is 215 Å². The molecule has 1 aliphatic rings. The molecule has 0 bridgehead atoms. The third kappa shape index (κ3) is 6.73. The number of benzene rings is 3. The van der Waals surface area contributed by atoms with E-state index < -0.39 is 18.0 Å². The Morgan fingerprint density at radius 2 is 1.78 bits per heavy atom. The van der Waals surface area contributed by atoms with E-state index in [1.807, 2.05) is 56.4 Å². The van der Waals surface area contributed by atoms with Crippen molar-refractivity contribution in [3.63, 3.8) is 0 Å². The summed E-state index contributed by atoms with van der Waals surface area (Å²) in [6, 6.07) is 21.6. The fourth-order valence-corrected chi connectivity index (χ4v) is 4.18. The van der Waals surface area contributed by atoms with E-state index >= 15 is 0 Å². The van der Waals surface area contributed by atoms with E-state index in [1.54, 1.807) is 29.2 Å². The van der Waals surface area contributed by atoms with Crippen LogP contribution in [0.15, 0.2) is 72.8 Å². The average Bonchev–Trinajstić information content (AvgIpc) is 3.27. The molecule has 192 valence electrons. The van der Waals surface area contributed by atoms with Gasteiger partial charge in [0.1, 0.15) is 11.9 Å². The Morgan fingerprint density at radius 1 is 1.05 bits per heavy atom. The first-order valence-corrected chi connectivity index (χ1v) is 12.2. The number of ketones is 1. The van der Waals surface area contributed by atoms with Crippen LogP contribution in [-0.4, -0.2) is 44.0 Å². The Morgan fingerprint density at radius 3 is 2.49 bits per heavy atom. The number of aryl methyl sites for hydroxylation is 1. The monoisotopic (exact) mass is 503 g/mol. The molecule has 3 aromatic carbocycles. The Bertz CT molecular complexity index is 1260. The lowest BCUT2D eigenvalue weighted by Gasteiger charge is -2.21. The number of nitrogens with zero attached hydrogens (tertiary/aromatic N) is 2. The third-order valence-corrected chi connectivity index (χ3v) is 6.27. The summed E-state index contributed by atoms with van der Waals surface area (Å²) in [5.41, 5.74) is 3.49. The van der Waals surface area contributed by atoms with Gasteiger partial charge in [0, 0.05) is 32.0 Å². The summed E-state index contributed by atoms with van der Waals surface area (Å²) >= 11 is 0. The van der Waals surface area contributed by atoms with Crippen LogP contribution in [0.5, 0.6) is 0 Å². The number of anilines is 2. The van der Waals surface area contributed by atoms with Crippen LogP contribution in [0.3, 0.4) is 0 Å². The third-order valence-electron chi connectivity index (χ3n) is 6.27. The van der Waals surface area contributed by atoms with Gasteiger partial charge in [-0.05, 0) is 30.7 Å². The average molecular weight is 504 g/mol. The number of rotatable bonds is 10. The van der Waals surface area contributed by atoms with Crippen molar-refractivity contribution < 1.29 is 23.5 Å². The molecule has 0 radical (unpaired) electrons. The maximum absolute atomic E-state index is 14.9. The van der Waals surface area contributed by atoms with Gasteiger partial charge in [-0.25, -0.2) is 9.18 Å². The first-order valence-electron chi connectivity index (χ1n) is 12.2. The molecule has 0 saturated carbocycles. The summed E-state index contributed by atoms with van der Waals surface area (Å²) in [6.07, 6.45) is -1.04. The SMILES string of the molecule is Cc1ccc(C(=O)CCC(=O)NC[C@H]2CN(c3ccc(N(C)Cc4ccccc4)c(F)c3)C(=O)O2)cc1. The van der Waals surface area contributed by atoms with Crippen molar-refractivity contribution in [2.24, 2.45) is 0 Å². The molecule has 2 amide bonds. The second-order valence-electron chi connectivity index (χ2n) is 9.19. The number of cyclic esters (lactones) is 1. The van der Waals surface area contributed by atoms with Crippen molar-refractivity contribution >= 4 is 29.2 Å². The fourth-order valence-electron chi connectivity index (χ4n) is 4.18. The van der Waals surface area contributed by atoms with Gasteiger partial charge < -0.3 is 15.0 Å². The second kappa shape index (κ2) is 11.7. The summed E-state index contributed by atoms with van der Waals surface area (Å²) in [4.78, 5) is 40.1. The van der Waals surface area contributed by atoms with E-state index in [1.165, 1.54) is 11.0 Å². The number of hydrogen-bond donors (Lipinski definition) is 1. The van der Waals surface area contributed by atoms with Gasteiger partial charge in [0.05, 0.1) is 24.5 Å². The molecule has 7 nitrogen and oxygen atoms in total. The van der Waals surface area contributed by atoms with Crippen molar-refractivity contribution in [3.05, 3.63) is 95.3 Å². The minimum atomic E-state index is -0.599. The highest BCUT2D eigenvalue weighted by molar-refractivity contribution is 5.98. The number of halogens is 1. The Hall–Kier alpha value is -4.20. The maximum Gasteiger partial charge on any atom is 0.414 e. The van der Waals surface area contributed by atoms with E-state index in [0.29, 0.717) is 23.5 Å². The topological polar surface area (TPSA) is 79.0 Å². The summed E-state index contributed by atoms with van der Waals surface area (Å²) in [5.74, 6) is -0.848. The van der Waals surface area contributed by atoms with E-state index in [-0.39, 0.29) is 37.6 Å². The fraction of sp³-hybridized carbons (Fsp3) is 0.276. The zero-order valence-electron chi connectivity index (χ0n) is 20.9. The molecule has 0 aromatic heterocycles. The highest BCUT2D eigenvalue weighted by Crippen LogP contribution is 2.28. The number of hydrogen-bond acceptors (Lipinski definition) is 5. The minimum Gasteiger partial charge on any atom is -0.442 e. The van der Waals surface area contributed by atoms with Crippen molar-refractivity contribution in [3.8, 4) is 0 Å². The molecule has 1 N–H and O–H groups in total. The van der Waals surface area contributed by atoms with Gasteiger partial charge in [0.25, 0.3) is 0 Å². The molecule has 1 saturated heterocycles. The predicted octanol–water partition coefficient (Wildman–Crippen LogP) is 4.88. The lowest BCUT2D eigenvalue weighted by atomic mass is 10.0. The zero-order valence-corrected chi connectivity index (χ0v) is 20.9. The predicted molar refractivity (Wildman–Crippen MR) is 140 cm³/mol. The number of carbonyl (C=O) groups excluding carboxylic acids is 3. The molecule has 0 aliphatic carbocycles. The lowest BCUT2D eigenvalue weighted by molar-refractivity contribution is -0.121. The van der Waals surface area contributed by atoms with Crippen LogP contribution in [-0.2, 0) is 16.1 Å². The summed E-state index contributed by atoms with van der Waals surface area (Å²) in [5, 5.41) is 2.72. The maximum atomic E-state index is 14.9. The Balaban J connectivity index is 1.27. The van der Waals surface area contributed by atoms with Crippen LogP contribution >= 0.6 is 0 Å². The molecule has 1 heterocycles. The molecule has 3 aromatic rings. The first kappa shape index (κ1) is 25.9. The molecule has 37 heavy (non-hydrogen) atoms. The van der Waals surface area contributed by atoms with Crippen molar-refractivity contribution in [2.75, 3.05) is 29.9 Å². The molecule has 1 atom stereocenters. The quantitative estimate of drug-likeness (QED) is 0.399. The van der Waals surface area contributed by atoms with Crippen molar-refractivity contribution in [2.45, 2.75) is 32.4 Å². The van der Waals surface area contributed by atoms with Crippen LogP contribution in [0.2, 0.25) is 0 Å². The van der Waals surface area contributed by atoms with E-state index in [9.17, 15) is 18.8 Å². The van der Waals surface area contributed by atoms with Gasteiger partial charge >= 0.3 is 6.09 Å². The number of nitrogens with one attached hydrogen (secondary N) is 1. The number of Topliss-reactive ketones (excluding diaryl/α,β-unsaturated/α-hetero) is 1. The highest BCUT2D eigenvalue weighted by atomic mass is 19.1. The van der Waals surface area contributed by atoms with Crippen molar-refractivity contribution in [1.29, 1.82) is 0 Å². The zero-order chi connectivity index (χ0) is 26.4. The van der Waals surface area contributed by atoms with E-state index in [0.717, 1.165) is 11.1 Å². The van der Waals surface area contributed by atoms with Gasteiger partial charge in [-0.1, -0.05) is 60.2 Å². The lowest BCUT2D eigenvalue weighted by Crippen LogP contribution is -2.34. The van der Waals surface area contributed by atoms with Crippen molar-refractivity contribution in [1.82, 2.24) is 5.32 Å². The molecule has 4 rings (SSSR count). The molecule has 0 unspecified atom stereocenters. The van der Waals surface area contributed by atoms with E-state index in [2.05, 4.69) is 5.32 Å². The van der Waals surface area contributed by atoms with Crippen LogP contribution in [0.4, 0.5) is 20.6 Å². The van der Waals surface area contributed by atoms with Gasteiger partial charge in [0.15, 0.2) is 5.78 Å². The van der Waals surface area contributed by atoms with Crippen LogP contribution in [0, 0.1) is 12.7 Å². The van der Waals surface area contributed by atoms with Gasteiger partial charge in [-0.15, -0.1) is 0 Å². The standard InChI is InChI=1S/C29H30FN3O4/c1-20-8-10-22(11-9-20)27(34)14-15-28(35)31-17-24-19-33(29(36)37-24)23-12-13-26(25(30)16-23)32(2)18-21-6-4-3-5-7-21/h3-13,16,24H,14-15,17-19H2,1-2H3,(H,31,35)/t24-/m0/s1. The van der Waals surface area contributed by atoms with Gasteiger partial charge in [0.2, 0.25) is 5.91 Å². The number of ether oxygens (including phenoxy) is 1. The number of carbonyl (C=O) groups is 3. The van der Waals surface area contributed by atoms with Crippen LogP contribution in [0.1, 0.15) is 34.3 Å². The normalized spacial score (nSPS) is 14.8. The second-order valence-corrected chi connectivity index (χ2v) is 9.19. The van der Waals surface area contributed by atoms with Gasteiger partial charge in [-0.3, -0.25) is 14.5 Å². The highest BCUT2D eigenvalue weighted by Gasteiger charge is 2.33. The van der Waals surface area contributed by atoms with Crippen LogP contribution < -0.4 is 15.1 Å². The molecule has 1 fully saturated rings.